The molecule has 0 atom stereocenters. The summed E-state index contributed by atoms with van der Waals surface area (Å²) in [6, 6.07) is 0. The topological polar surface area (TPSA) is 20.2 Å². The van der Waals surface area contributed by atoms with Gasteiger partial charge in [-0.1, -0.05) is 37.8 Å². The maximum absolute atomic E-state index is 9.17. The van der Waals surface area contributed by atoms with Crippen LogP contribution in [0.25, 0.3) is 0 Å². The highest BCUT2D eigenvalue weighted by Crippen LogP contribution is 2.36. The minimum Gasteiger partial charge on any atom is -0.396 e. The molecule has 1 N–H and O–H groups in total. The Kier molecular flexibility index (Phi) is 6.43. The fourth-order valence-corrected chi connectivity index (χ4v) is 4.12. The highest BCUT2D eigenvalue weighted by atomic mass is 16.3. The van der Waals surface area contributed by atoms with Crippen LogP contribution in [-0.4, -0.2) is 11.7 Å². The van der Waals surface area contributed by atoms with Crippen LogP contribution in [0.5, 0.6) is 0 Å². The number of hydrogen-bond acceptors (Lipinski definition) is 1. The molecule has 2 fully saturated rings. The van der Waals surface area contributed by atoms with Crippen molar-refractivity contribution in [3.05, 3.63) is 12.2 Å². The largest absolute Gasteiger partial charge is 0.396 e. The van der Waals surface area contributed by atoms with Gasteiger partial charge in [0.25, 0.3) is 0 Å². The van der Waals surface area contributed by atoms with Gasteiger partial charge in [0.05, 0.1) is 0 Å². The Morgan fingerprint density at radius 2 is 1.26 bits per heavy atom. The quantitative estimate of drug-likeness (QED) is 0.697. The molecule has 0 aliphatic heterocycles. The van der Waals surface area contributed by atoms with Gasteiger partial charge in [-0.3, -0.25) is 0 Å². The second kappa shape index (κ2) is 8.09. The fourth-order valence-electron chi connectivity index (χ4n) is 4.12. The molecule has 0 aromatic heterocycles. The molecule has 0 saturated heterocycles. The van der Waals surface area contributed by atoms with Crippen molar-refractivity contribution in [2.75, 3.05) is 6.61 Å². The van der Waals surface area contributed by atoms with Crippen molar-refractivity contribution in [3.63, 3.8) is 0 Å². The van der Waals surface area contributed by atoms with Crippen LogP contribution < -0.4 is 0 Å². The Morgan fingerprint density at radius 3 is 1.74 bits per heavy atom. The fraction of sp³-hybridized carbons (Fsp3) is 0.889. The Labute approximate surface area is 119 Å². The zero-order valence-corrected chi connectivity index (χ0v) is 12.7. The zero-order valence-electron chi connectivity index (χ0n) is 12.7. The van der Waals surface area contributed by atoms with E-state index in [0.717, 1.165) is 17.8 Å². The minimum atomic E-state index is 0.418. The molecule has 110 valence electrons. The van der Waals surface area contributed by atoms with E-state index in [0.29, 0.717) is 12.5 Å². The van der Waals surface area contributed by atoms with Gasteiger partial charge < -0.3 is 5.11 Å². The van der Waals surface area contributed by atoms with Crippen LogP contribution in [0.3, 0.4) is 0 Å². The van der Waals surface area contributed by atoms with E-state index >= 15 is 0 Å². The van der Waals surface area contributed by atoms with Crippen LogP contribution >= 0.6 is 0 Å². The van der Waals surface area contributed by atoms with Gasteiger partial charge in [-0.2, -0.15) is 0 Å². The van der Waals surface area contributed by atoms with Gasteiger partial charge in [0, 0.05) is 6.61 Å². The average Bonchev–Trinajstić information content (AvgIpc) is 2.47. The summed E-state index contributed by atoms with van der Waals surface area (Å²) >= 11 is 0. The van der Waals surface area contributed by atoms with Crippen LogP contribution in [0.2, 0.25) is 0 Å². The molecule has 1 heteroatoms. The first-order valence-electron chi connectivity index (χ1n) is 8.55. The number of aliphatic hydroxyl groups excluding tert-OH is 1. The van der Waals surface area contributed by atoms with E-state index in [4.69, 9.17) is 0 Å². The van der Waals surface area contributed by atoms with E-state index in [1.54, 1.807) is 0 Å². The lowest BCUT2D eigenvalue weighted by Gasteiger charge is -2.30. The molecule has 0 amide bonds. The van der Waals surface area contributed by atoms with E-state index in [-0.39, 0.29) is 0 Å². The molecule has 0 unspecified atom stereocenters. The van der Waals surface area contributed by atoms with Gasteiger partial charge in [-0.05, 0) is 69.1 Å². The molecule has 2 aliphatic rings. The molecule has 0 radical (unpaired) electrons. The third-order valence-corrected chi connectivity index (χ3v) is 5.56. The smallest absolute Gasteiger partial charge is 0.0459 e. The van der Waals surface area contributed by atoms with E-state index in [2.05, 4.69) is 19.1 Å². The number of rotatable bonds is 5. The summed E-state index contributed by atoms with van der Waals surface area (Å²) in [7, 11) is 0. The molecule has 2 saturated carbocycles. The van der Waals surface area contributed by atoms with Crippen LogP contribution in [-0.2, 0) is 0 Å². The normalized spacial score (nSPS) is 36.7. The van der Waals surface area contributed by atoms with Crippen molar-refractivity contribution in [2.24, 2.45) is 23.7 Å². The maximum Gasteiger partial charge on any atom is 0.0459 e. The molecular weight excluding hydrogens is 232 g/mol. The summed E-state index contributed by atoms with van der Waals surface area (Å²) in [6.07, 6.45) is 18.6. The molecule has 0 spiro atoms. The highest BCUT2D eigenvalue weighted by Gasteiger charge is 2.23. The Morgan fingerprint density at radius 1 is 0.789 bits per heavy atom. The SMILES string of the molecule is C/C=C/[C@H]1CC[C@H](CCC2CCC(CO)CC2)CC1. The first-order valence-corrected chi connectivity index (χ1v) is 8.55. The van der Waals surface area contributed by atoms with Crippen molar-refractivity contribution < 1.29 is 5.11 Å². The molecule has 19 heavy (non-hydrogen) atoms. The minimum absolute atomic E-state index is 0.418. The Hall–Kier alpha value is -0.300. The number of aliphatic hydroxyl groups is 1. The number of allylic oxidation sites excluding steroid dienone is 2. The van der Waals surface area contributed by atoms with Gasteiger partial charge in [0.2, 0.25) is 0 Å². The second-order valence-electron chi connectivity index (χ2n) is 6.95. The molecule has 0 heterocycles. The summed E-state index contributed by atoms with van der Waals surface area (Å²) in [5.41, 5.74) is 0. The van der Waals surface area contributed by atoms with Crippen molar-refractivity contribution in [2.45, 2.75) is 71.1 Å². The van der Waals surface area contributed by atoms with Crippen LogP contribution in [0.1, 0.15) is 71.1 Å². The molecule has 2 aliphatic carbocycles. The highest BCUT2D eigenvalue weighted by molar-refractivity contribution is 4.89. The predicted molar refractivity (Wildman–Crippen MR) is 82.0 cm³/mol. The van der Waals surface area contributed by atoms with Crippen molar-refractivity contribution >= 4 is 0 Å². The van der Waals surface area contributed by atoms with Gasteiger partial charge in [-0.25, -0.2) is 0 Å². The Bertz CT molecular complexity index is 255. The van der Waals surface area contributed by atoms with Gasteiger partial charge in [0.1, 0.15) is 0 Å². The molecule has 1 nitrogen and oxygen atoms in total. The van der Waals surface area contributed by atoms with Crippen molar-refractivity contribution in [1.82, 2.24) is 0 Å². The summed E-state index contributed by atoms with van der Waals surface area (Å²) in [5.74, 6) is 3.47. The van der Waals surface area contributed by atoms with Gasteiger partial charge in [0.15, 0.2) is 0 Å². The summed E-state index contributed by atoms with van der Waals surface area (Å²) in [5, 5.41) is 9.17. The number of hydrogen-bond donors (Lipinski definition) is 1. The van der Waals surface area contributed by atoms with E-state index in [1.807, 2.05) is 0 Å². The predicted octanol–water partition coefficient (Wildman–Crippen LogP) is 4.95. The average molecular weight is 264 g/mol. The first-order chi connectivity index (χ1) is 9.31. The van der Waals surface area contributed by atoms with Crippen molar-refractivity contribution in [1.29, 1.82) is 0 Å². The van der Waals surface area contributed by atoms with Crippen LogP contribution in [0.4, 0.5) is 0 Å². The zero-order chi connectivity index (χ0) is 13.5. The summed E-state index contributed by atoms with van der Waals surface area (Å²) < 4.78 is 0. The molecule has 2 rings (SSSR count). The van der Waals surface area contributed by atoms with E-state index < -0.39 is 0 Å². The summed E-state index contributed by atoms with van der Waals surface area (Å²) in [4.78, 5) is 0. The Balaban J connectivity index is 1.59. The first kappa shape index (κ1) is 15.1. The maximum atomic E-state index is 9.17. The standard InChI is InChI=1S/C18H32O/c1-2-3-15-4-6-16(7-5-15)8-9-17-10-12-18(14-19)13-11-17/h2-3,15-19H,4-14H2,1H3/b3-2+/t15-,16-,17?,18?. The van der Waals surface area contributed by atoms with Crippen molar-refractivity contribution in [3.8, 4) is 0 Å². The third kappa shape index (κ3) is 4.95. The summed E-state index contributed by atoms with van der Waals surface area (Å²) in [6.45, 7) is 2.57. The molecular formula is C18H32O. The van der Waals surface area contributed by atoms with E-state index in [9.17, 15) is 5.11 Å². The molecule has 0 aromatic rings. The van der Waals surface area contributed by atoms with Gasteiger partial charge in [-0.15, -0.1) is 0 Å². The molecule has 0 aromatic carbocycles. The van der Waals surface area contributed by atoms with Crippen LogP contribution in [0.15, 0.2) is 12.2 Å². The lowest BCUT2D eigenvalue weighted by atomic mass is 9.76. The lowest BCUT2D eigenvalue weighted by Crippen LogP contribution is -2.19. The third-order valence-electron chi connectivity index (χ3n) is 5.56. The van der Waals surface area contributed by atoms with Crippen LogP contribution in [0, 0.1) is 23.7 Å². The monoisotopic (exact) mass is 264 g/mol. The van der Waals surface area contributed by atoms with E-state index in [1.165, 1.54) is 64.2 Å². The lowest BCUT2D eigenvalue weighted by molar-refractivity contribution is 0.158. The van der Waals surface area contributed by atoms with Gasteiger partial charge >= 0.3 is 0 Å². The molecule has 0 bridgehead atoms. The second-order valence-corrected chi connectivity index (χ2v) is 6.95.